The van der Waals surface area contributed by atoms with Gasteiger partial charge in [0.25, 0.3) is 0 Å². The normalized spacial score (nSPS) is 17.0. The van der Waals surface area contributed by atoms with Gasteiger partial charge in [-0.25, -0.2) is 0 Å². The van der Waals surface area contributed by atoms with Crippen molar-refractivity contribution < 1.29 is 0 Å². The Kier molecular flexibility index (Phi) is 15.3. The van der Waals surface area contributed by atoms with Gasteiger partial charge in [-0.3, -0.25) is 0 Å². The first kappa shape index (κ1) is 24.0. The van der Waals surface area contributed by atoms with Crippen molar-refractivity contribution in [3.63, 3.8) is 0 Å². The summed E-state index contributed by atoms with van der Waals surface area (Å²) < 4.78 is 0. The molecule has 0 N–H and O–H groups in total. The smallest absolute Gasteiger partial charge is 0.0386 e. The van der Waals surface area contributed by atoms with Gasteiger partial charge < -0.3 is 0 Å². The molecule has 0 heteroatoms. The van der Waals surface area contributed by atoms with Gasteiger partial charge >= 0.3 is 0 Å². The summed E-state index contributed by atoms with van der Waals surface area (Å²) in [6, 6.07) is 0. The number of unbranched alkanes of at least 4 members (excludes halogenated alkanes) is 2. The fourth-order valence-electron chi connectivity index (χ4n) is 4.08. The van der Waals surface area contributed by atoms with Gasteiger partial charge in [0.15, 0.2) is 0 Å². The maximum atomic E-state index is 2.56. The van der Waals surface area contributed by atoms with Gasteiger partial charge in [0.2, 0.25) is 0 Å². The fraction of sp³-hybridized carbons (Fsp3) is 1.00. The average molecular weight is 339 g/mol. The molecule has 0 fully saturated rings. The average Bonchev–Trinajstić information content (AvgIpc) is 2.56. The van der Waals surface area contributed by atoms with E-state index in [1.807, 2.05) is 0 Å². The minimum absolute atomic E-state index is 0.879. The Bertz CT molecular complexity index is 255. The van der Waals surface area contributed by atoms with E-state index in [1.54, 1.807) is 0 Å². The van der Waals surface area contributed by atoms with Gasteiger partial charge in [-0.15, -0.1) is 0 Å². The largest absolute Gasteiger partial charge is 0.0654 e. The van der Waals surface area contributed by atoms with Crippen molar-refractivity contribution in [2.75, 3.05) is 0 Å². The predicted molar refractivity (Wildman–Crippen MR) is 113 cm³/mol. The zero-order chi connectivity index (χ0) is 18.4. The summed E-state index contributed by atoms with van der Waals surface area (Å²) in [5, 5.41) is 0. The van der Waals surface area contributed by atoms with Crippen LogP contribution in [0.3, 0.4) is 0 Å². The van der Waals surface area contributed by atoms with Crippen LogP contribution in [0.25, 0.3) is 0 Å². The standard InChI is InChI=1S/C24H50/c1-8-14-23(10-3)19-24(16-13-11-12-15-20(4)5)22(7)18-17-21(6)9-2/h20-24H,8-19H2,1-7H3. The molecule has 0 amide bonds. The molecule has 0 saturated carbocycles. The highest BCUT2D eigenvalue weighted by Crippen LogP contribution is 2.33. The zero-order valence-corrected chi connectivity index (χ0v) is 18.4. The molecule has 0 rings (SSSR count). The van der Waals surface area contributed by atoms with Crippen LogP contribution in [0.15, 0.2) is 0 Å². The molecule has 0 aromatic heterocycles. The first-order chi connectivity index (χ1) is 11.4. The van der Waals surface area contributed by atoms with Crippen molar-refractivity contribution >= 4 is 0 Å². The summed E-state index contributed by atoms with van der Waals surface area (Å²) in [5.74, 6) is 4.67. The van der Waals surface area contributed by atoms with Crippen molar-refractivity contribution in [1.82, 2.24) is 0 Å². The molecular weight excluding hydrogens is 288 g/mol. The summed E-state index contributed by atoms with van der Waals surface area (Å²) in [6.45, 7) is 16.8. The highest BCUT2D eigenvalue weighted by Gasteiger charge is 2.21. The Labute approximate surface area is 155 Å². The minimum Gasteiger partial charge on any atom is -0.0654 e. The van der Waals surface area contributed by atoms with Gasteiger partial charge in [0, 0.05) is 0 Å². The van der Waals surface area contributed by atoms with Crippen molar-refractivity contribution in [2.45, 2.75) is 126 Å². The first-order valence-electron chi connectivity index (χ1n) is 11.4. The molecule has 4 atom stereocenters. The number of hydrogen-bond donors (Lipinski definition) is 0. The Morgan fingerprint density at radius 3 is 1.83 bits per heavy atom. The maximum absolute atomic E-state index is 2.56. The molecular formula is C24H50. The van der Waals surface area contributed by atoms with E-state index in [1.165, 1.54) is 77.0 Å². The third-order valence-corrected chi connectivity index (χ3v) is 6.38. The van der Waals surface area contributed by atoms with E-state index in [0.717, 1.165) is 29.6 Å². The summed E-state index contributed by atoms with van der Waals surface area (Å²) in [6.07, 6.45) is 17.2. The third kappa shape index (κ3) is 12.4. The Morgan fingerprint density at radius 2 is 1.29 bits per heavy atom. The summed E-state index contributed by atoms with van der Waals surface area (Å²) in [7, 11) is 0. The predicted octanol–water partition coefficient (Wildman–Crippen LogP) is 8.89. The van der Waals surface area contributed by atoms with E-state index in [2.05, 4.69) is 48.5 Å². The minimum atomic E-state index is 0.879. The molecule has 0 spiro atoms. The number of hydrogen-bond acceptors (Lipinski definition) is 0. The zero-order valence-electron chi connectivity index (χ0n) is 18.4. The summed E-state index contributed by atoms with van der Waals surface area (Å²) in [5.41, 5.74) is 0. The monoisotopic (exact) mass is 338 g/mol. The lowest BCUT2D eigenvalue weighted by molar-refractivity contribution is 0.227. The van der Waals surface area contributed by atoms with Crippen LogP contribution in [0, 0.1) is 29.6 Å². The molecule has 0 nitrogen and oxygen atoms in total. The van der Waals surface area contributed by atoms with Crippen molar-refractivity contribution in [3.8, 4) is 0 Å². The topological polar surface area (TPSA) is 0 Å². The van der Waals surface area contributed by atoms with Gasteiger partial charge in [-0.1, -0.05) is 119 Å². The molecule has 0 aliphatic rings. The second-order valence-corrected chi connectivity index (χ2v) is 9.16. The van der Waals surface area contributed by atoms with Gasteiger partial charge in [0.05, 0.1) is 0 Å². The van der Waals surface area contributed by atoms with E-state index in [-0.39, 0.29) is 0 Å². The Balaban J connectivity index is 4.40. The van der Waals surface area contributed by atoms with Crippen LogP contribution in [0.2, 0.25) is 0 Å². The molecule has 0 aromatic rings. The van der Waals surface area contributed by atoms with Crippen LogP contribution in [0.5, 0.6) is 0 Å². The van der Waals surface area contributed by atoms with Gasteiger partial charge in [0.1, 0.15) is 0 Å². The van der Waals surface area contributed by atoms with Gasteiger partial charge in [-0.05, 0) is 36.0 Å². The quantitative estimate of drug-likeness (QED) is 0.246. The van der Waals surface area contributed by atoms with Crippen molar-refractivity contribution in [3.05, 3.63) is 0 Å². The highest BCUT2D eigenvalue weighted by atomic mass is 14.3. The molecule has 0 aromatic carbocycles. The molecule has 0 aliphatic heterocycles. The van der Waals surface area contributed by atoms with Crippen LogP contribution in [0.1, 0.15) is 126 Å². The third-order valence-electron chi connectivity index (χ3n) is 6.38. The summed E-state index contributed by atoms with van der Waals surface area (Å²) >= 11 is 0. The maximum Gasteiger partial charge on any atom is -0.0386 e. The molecule has 146 valence electrons. The lowest BCUT2D eigenvalue weighted by atomic mass is 9.77. The van der Waals surface area contributed by atoms with Crippen LogP contribution in [0.4, 0.5) is 0 Å². The van der Waals surface area contributed by atoms with Crippen LogP contribution >= 0.6 is 0 Å². The SMILES string of the molecule is CCCC(CC)CC(CCCCCC(C)C)C(C)CCC(C)CC. The second kappa shape index (κ2) is 15.3. The van der Waals surface area contributed by atoms with E-state index in [0.29, 0.717) is 0 Å². The van der Waals surface area contributed by atoms with Gasteiger partial charge in [-0.2, -0.15) is 0 Å². The first-order valence-corrected chi connectivity index (χ1v) is 11.4. The van der Waals surface area contributed by atoms with Crippen molar-refractivity contribution in [2.24, 2.45) is 29.6 Å². The van der Waals surface area contributed by atoms with E-state index in [4.69, 9.17) is 0 Å². The molecule has 24 heavy (non-hydrogen) atoms. The van der Waals surface area contributed by atoms with E-state index >= 15 is 0 Å². The summed E-state index contributed by atoms with van der Waals surface area (Å²) in [4.78, 5) is 0. The Morgan fingerprint density at radius 1 is 0.625 bits per heavy atom. The van der Waals surface area contributed by atoms with Crippen LogP contribution in [-0.2, 0) is 0 Å². The molecule has 0 heterocycles. The second-order valence-electron chi connectivity index (χ2n) is 9.16. The molecule has 0 radical (unpaired) electrons. The van der Waals surface area contributed by atoms with Crippen molar-refractivity contribution in [1.29, 1.82) is 0 Å². The van der Waals surface area contributed by atoms with E-state index < -0.39 is 0 Å². The highest BCUT2D eigenvalue weighted by molar-refractivity contribution is 4.72. The van der Waals surface area contributed by atoms with Crippen LogP contribution < -0.4 is 0 Å². The number of rotatable bonds is 16. The van der Waals surface area contributed by atoms with Crippen LogP contribution in [-0.4, -0.2) is 0 Å². The Hall–Kier alpha value is 0. The fourth-order valence-corrected chi connectivity index (χ4v) is 4.08. The molecule has 0 bridgehead atoms. The molecule has 0 aliphatic carbocycles. The lowest BCUT2D eigenvalue weighted by Crippen LogP contribution is -2.17. The lowest BCUT2D eigenvalue weighted by Gasteiger charge is -2.29. The van der Waals surface area contributed by atoms with E-state index in [9.17, 15) is 0 Å². The molecule has 4 unspecified atom stereocenters. The molecule has 0 saturated heterocycles.